The fraction of sp³-hybridized carbons (Fsp3) is 0.529. The first-order valence-electron chi connectivity index (χ1n) is 7.65. The van der Waals surface area contributed by atoms with Crippen LogP contribution in [0.4, 0.5) is 22.4 Å². The smallest absolute Gasteiger partial charge is 0.418 e. The zero-order valence-electron chi connectivity index (χ0n) is 14.3. The average Bonchev–Trinajstić information content (AvgIpc) is 2.43. The van der Waals surface area contributed by atoms with Gasteiger partial charge in [-0.05, 0) is 33.8 Å². The number of hydrogen-bond donors (Lipinski definition) is 0. The van der Waals surface area contributed by atoms with Crippen molar-refractivity contribution in [1.82, 2.24) is 4.90 Å². The van der Waals surface area contributed by atoms with Crippen LogP contribution >= 0.6 is 0 Å². The number of halogens is 4. The van der Waals surface area contributed by atoms with Gasteiger partial charge in [-0.1, -0.05) is 18.2 Å². The third kappa shape index (κ3) is 3.21. The van der Waals surface area contributed by atoms with E-state index in [4.69, 9.17) is 4.74 Å². The van der Waals surface area contributed by atoms with Crippen LogP contribution in [0.15, 0.2) is 24.3 Å². The van der Waals surface area contributed by atoms with Crippen LogP contribution in [-0.2, 0) is 15.1 Å². The van der Waals surface area contributed by atoms with Crippen LogP contribution in [0.25, 0.3) is 0 Å². The Kier molecular flexibility index (Phi) is 4.61. The molecule has 1 aliphatic heterocycles. The Hall–Kier alpha value is -2.12. The Balaban J connectivity index is 2.67. The van der Waals surface area contributed by atoms with Crippen molar-refractivity contribution in [2.24, 2.45) is 0 Å². The standard InChI is InChI=1S/C17H19F4NO3/c1-15(2,3)25-14(24)22-13(23)12(19)9-17(20,21)16(22,4)10-7-5-6-8-11(10)18/h5-8,12H,9H2,1-4H3. The molecule has 2 atom stereocenters. The number of rotatable bonds is 1. The van der Waals surface area contributed by atoms with Crippen LogP contribution in [0.1, 0.15) is 39.7 Å². The molecule has 1 heterocycles. The largest absolute Gasteiger partial charge is 0.443 e. The highest BCUT2D eigenvalue weighted by Gasteiger charge is 2.66. The van der Waals surface area contributed by atoms with Crippen LogP contribution in [-0.4, -0.2) is 34.6 Å². The van der Waals surface area contributed by atoms with Crippen LogP contribution in [0, 0.1) is 5.82 Å². The number of hydrogen-bond acceptors (Lipinski definition) is 3. The number of ether oxygens (including phenoxy) is 1. The van der Waals surface area contributed by atoms with Crippen LogP contribution in [0.5, 0.6) is 0 Å². The maximum Gasteiger partial charge on any atom is 0.418 e. The maximum absolute atomic E-state index is 14.8. The first-order valence-corrected chi connectivity index (χ1v) is 7.65. The summed E-state index contributed by atoms with van der Waals surface area (Å²) >= 11 is 0. The van der Waals surface area contributed by atoms with E-state index in [1.54, 1.807) is 0 Å². The number of piperidine rings is 1. The first kappa shape index (κ1) is 19.2. The Morgan fingerprint density at radius 2 is 1.84 bits per heavy atom. The molecule has 2 unspecified atom stereocenters. The summed E-state index contributed by atoms with van der Waals surface area (Å²) in [5, 5.41) is 0. The molecule has 1 aliphatic rings. The molecule has 4 nitrogen and oxygen atoms in total. The van der Waals surface area contributed by atoms with Gasteiger partial charge in [0.05, 0.1) is 6.42 Å². The van der Waals surface area contributed by atoms with Gasteiger partial charge in [-0.25, -0.2) is 27.3 Å². The number of nitrogens with zero attached hydrogens (tertiary/aromatic N) is 1. The van der Waals surface area contributed by atoms with E-state index in [0.29, 0.717) is 0 Å². The van der Waals surface area contributed by atoms with Gasteiger partial charge in [-0.2, -0.15) is 0 Å². The number of likely N-dealkylation sites (tertiary alicyclic amines) is 1. The Labute approximate surface area is 142 Å². The van der Waals surface area contributed by atoms with Crippen molar-refractivity contribution in [3.8, 4) is 0 Å². The maximum atomic E-state index is 14.8. The van der Waals surface area contributed by atoms with Gasteiger partial charge in [-0.3, -0.25) is 4.79 Å². The van der Waals surface area contributed by atoms with Gasteiger partial charge in [0, 0.05) is 5.56 Å². The molecule has 0 bridgehead atoms. The highest BCUT2D eigenvalue weighted by molar-refractivity contribution is 5.97. The second-order valence-corrected chi connectivity index (χ2v) is 7.08. The Morgan fingerprint density at radius 3 is 2.36 bits per heavy atom. The van der Waals surface area contributed by atoms with Gasteiger partial charge in [0.1, 0.15) is 17.0 Å². The summed E-state index contributed by atoms with van der Waals surface area (Å²) in [5.41, 5.74) is -4.43. The van der Waals surface area contributed by atoms with Gasteiger partial charge in [0.2, 0.25) is 0 Å². The van der Waals surface area contributed by atoms with Gasteiger partial charge in [-0.15, -0.1) is 0 Å². The molecule has 25 heavy (non-hydrogen) atoms. The highest BCUT2D eigenvalue weighted by Crippen LogP contribution is 2.50. The molecular weight excluding hydrogens is 342 g/mol. The summed E-state index contributed by atoms with van der Waals surface area (Å²) in [7, 11) is 0. The molecule has 0 aliphatic carbocycles. The van der Waals surface area contributed by atoms with Crippen LogP contribution in [0.3, 0.4) is 0 Å². The van der Waals surface area contributed by atoms with Crippen LogP contribution in [0.2, 0.25) is 0 Å². The molecule has 2 rings (SSSR count). The molecule has 1 aromatic rings. The van der Waals surface area contributed by atoms with E-state index in [2.05, 4.69) is 0 Å². The molecule has 2 amide bonds. The van der Waals surface area contributed by atoms with E-state index in [-0.39, 0.29) is 4.90 Å². The van der Waals surface area contributed by atoms with Crippen molar-refractivity contribution >= 4 is 12.0 Å². The minimum absolute atomic E-state index is 0.00479. The lowest BCUT2D eigenvalue weighted by Gasteiger charge is -2.48. The number of alkyl halides is 3. The second kappa shape index (κ2) is 6.00. The van der Waals surface area contributed by atoms with Crippen molar-refractivity contribution in [3.05, 3.63) is 35.6 Å². The zero-order valence-corrected chi connectivity index (χ0v) is 14.3. The molecule has 1 saturated heterocycles. The topological polar surface area (TPSA) is 46.6 Å². The van der Waals surface area contributed by atoms with Crippen molar-refractivity contribution in [1.29, 1.82) is 0 Å². The lowest BCUT2D eigenvalue weighted by Crippen LogP contribution is -2.67. The van der Waals surface area contributed by atoms with E-state index in [1.165, 1.54) is 32.9 Å². The third-order valence-corrected chi connectivity index (χ3v) is 4.06. The highest BCUT2D eigenvalue weighted by atomic mass is 19.3. The minimum Gasteiger partial charge on any atom is -0.443 e. The van der Waals surface area contributed by atoms with E-state index >= 15 is 0 Å². The van der Waals surface area contributed by atoms with Gasteiger partial charge in [0.25, 0.3) is 11.8 Å². The number of benzene rings is 1. The van der Waals surface area contributed by atoms with Gasteiger partial charge >= 0.3 is 6.09 Å². The van der Waals surface area contributed by atoms with Gasteiger partial charge < -0.3 is 4.74 Å². The molecular formula is C17H19F4NO3. The zero-order chi connectivity index (χ0) is 19.2. The molecule has 0 spiro atoms. The SMILES string of the molecule is CC(C)(C)OC(=O)N1C(=O)C(F)CC(F)(F)C1(C)c1ccccc1F. The molecule has 0 radical (unpaired) electrons. The summed E-state index contributed by atoms with van der Waals surface area (Å²) in [5.74, 6) is -6.42. The first-order chi connectivity index (χ1) is 11.3. The fourth-order valence-electron chi connectivity index (χ4n) is 2.79. The molecule has 138 valence electrons. The van der Waals surface area contributed by atoms with Crippen molar-refractivity contribution in [2.45, 2.75) is 57.3 Å². The minimum atomic E-state index is -3.90. The number of imide groups is 1. The lowest BCUT2D eigenvalue weighted by atomic mass is 9.77. The predicted molar refractivity (Wildman–Crippen MR) is 81.3 cm³/mol. The third-order valence-electron chi connectivity index (χ3n) is 4.06. The van der Waals surface area contributed by atoms with Crippen molar-refractivity contribution in [3.63, 3.8) is 0 Å². The molecule has 8 heteroatoms. The quantitative estimate of drug-likeness (QED) is 0.705. The number of amides is 2. The summed E-state index contributed by atoms with van der Waals surface area (Å²) in [6.07, 6.45) is -5.50. The van der Waals surface area contributed by atoms with Crippen molar-refractivity contribution in [2.75, 3.05) is 0 Å². The Bertz CT molecular complexity index is 701. The summed E-state index contributed by atoms with van der Waals surface area (Å²) in [6.45, 7) is 5.22. The van der Waals surface area contributed by atoms with Crippen molar-refractivity contribution < 1.29 is 31.9 Å². The van der Waals surface area contributed by atoms with E-state index in [1.807, 2.05) is 0 Å². The summed E-state index contributed by atoms with van der Waals surface area (Å²) < 4.78 is 62.7. The molecule has 0 saturated carbocycles. The van der Waals surface area contributed by atoms with Crippen LogP contribution < -0.4 is 0 Å². The summed E-state index contributed by atoms with van der Waals surface area (Å²) in [6, 6.07) is 4.53. The number of carbonyl (C=O) groups is 2. The summed E-state index contributed by atoms with van der Waals surface area (Å²) in [4.78, 5) is 24.7. The molecule has 0 aromatic heterocycles. The predicted octanol–water partition coefficient (Wildman–Crippen LogP) is 4.18. The monoisotopic (exact) mass is 361 g/mol. The molecule has 0 N–H and O–H groups in total. The van der Waals surface area contributed by atoms with E-state index in [9.17, 15) is 27.2 Å². The second-order valence-electron chi connectivity index (χ2n) is 7.08. The normalized spacial score (nSPS) is 26.5. The molecule has 1 aromatic carbocycles. The fourth-order valence-corrected chi connectivity index (χ4v) is 2.79. The number of carbonyl (C=O) groups excluding carboxylic acids is 2. The van der Waals surface area contributed by atoms with E-state index < -0.39 is 53.0 Å². The lowest BCUT2D eigenvalue weighted by molar-refractivity contribution is -0.195. The van der Waals surface area contributed by atoms with Gasteiger partial charge in [0.15, 0.2) is 6.17 Å². The average molecular weight is 361 g/mol. The molecule has 1 fully saturated rings. The van der Waals surface area contributed by atoms with E-state index in [0.717, 1.165) is 19.1 Å². The Morgan fingerprint density at radius 1 is 1.28 bits per heavy atom.